The molecular weight excluding hydrogens is 166 g/mol. The molecule has 0 saturated carbocycles. The van der Waals surface area contributed by atoms with E-state index in [0.717, 1.165) is 0 Å². The molecule has 0 rings (SSSR count). The summed E-state index contributed by atoms with van der Waals surface area (Å²) in [5.74, 6) is -0.227. The fourth-order valence-electron chi connectivity index (χ4n) is 0.974. The Kier molecular flexibility index (Phi) is 4.36. The predicted molar refractivity (Wildman–Crippen MR) is 50.1 cm³/mol. The van der Waals surface area contributed by atoms with Gasteiger partial charge in [0.1, 0.15) is 6.07 Å². The van der Waals surface area contributed by atoms with Gasteiger partial charge in [0.15, 0.2) is 5.78 Å². The van der Waals surface area contributed by atoms with Crippen molar-refractivity contribution in [2.45, 2.75) is 33.3 Å². The van der Waals surface area contributed by atoms with Crippen LogP contribution in [0.5, 0.6) is 0 Å². The number of rotatable bonds is 4. The van der Waals surface area contributed by atoms with Crippen LogP contribution < -0.4 is 0 Å². The van der Waals surface area contributed by atoms with E-state index in [0.29, 0.717) is 6.61 Å². The predicted octanol–water partition coefficient (Wildman–Crippen LogP) is 1.84. The number of hydrogen-bond acceptors (Lipinski definition) is 3. The Bertz CT molecular complexity index is 259. The van der Waals surface area contributed by atoms with Gasteiger partial charge in [-0.25, -0.2) is 0 Å². The number of ketones is 1. The molecule has 0 fully saturated rings. The number of allylic oxidation sites excluding steroid dienone is 1. The first-order chi connectivity index (χ1) is 5.93. The van der Waals surface area contributed by atoms with E-state index in [1.165, 1.54) is 6.92 Å². The molecule has 3 nitrogen and oxygen atoms in total. The van der Waals surface area contributed by atoms with Gasteiger partial charge in [-0.1, -0.05) is 0 Å². The Morgan fingerprint density at radius 3 is 2.46 bits per heavy atom. The summed E-state index contributed by atoms with van der Waals surface area (Å²) < 4.78 is 5.33. The molecule has 0 aliphatic rings. The molecular formula is C10H15NO2. The Balaban J connectivity index is 4.70. The van der Waals surface area contributed by atoms with Gasteiger partial charge in [0.25, 0.3) is 0 Å². The first kappa shape index (κ1) is 11.9. The normalized spacial score (nSPS) is 12.4. The van der Waals surface area contributed by atoms with Gasteiger partial charge in [-0.3, -0.25) is 4.79 Å². The molecule has 0 aromatic carbocycles. The molecule has 0 aliphatic carbocycles. The van der Waals surface area contributed by atoms with Crippen molar-refractivity contribution in [2.24, 2.45) is 0 Å². The summed E-state index contributed by atoms with van der Waals surface area (Å²) in [5, 5.41) is 8.63. The summed E-state index contributed by atoms with van der Waals surface area (Å²) in [6, 6.07) is 1.85. The lowest BCUT2D eigenvalue weighted by Gasteiger charge is -2.20. The molecule has 0 aliphatic heterocycles. The summed E-state index contributed by atoms with van der Waals surface area (Å²) in [7, 11) is 0. The molecule has 3 heteroatoms. The number of nitriles is 1. The van der Waals surface area contributed by atoms with E-state index in [9.17, 15) is 4.79 Å². The molecule has 0 amide bonds. The van der Waals surface area contributed by atoms with Gasteiger partial charge in [-0.15, -0.1) is 0 Å². The Labute approximate surface area is 79.0 Å². The number of nitrogens with zero attached hydrogens (tertiary/aromatic N) is 1. The maximum absolute atomic E-state index is 10.9. The van der Waals surface area contributed by atoms with E-state index in [1.54, 1.807) is 6.08 Å². The van der Waals surface area contributed by atoms with Crippen LogP contribution in [0.25, 0.3) is 0 Å². The summed E-state index contributed by atoms with van der Waals surface area (Å²) in [5.41, 5.74) is -0.399. The molecule has 0 spiro atoms. The zero-order valence-corrected chi connectivity index (χ0v) is 8.55. The molecule has 0 aromatic rings. The minimum atomic E-state index is -0.550. The van der Waals surface area contributed by atoms with E-state index < -0.39 is 5.60 Å². The van der Waals surface area contributed by atoms with Crippen molar-refractivity contribution in [3.05, 3.63) is 11.6 Å². The second-order valence-electron chi connectivity index (χ2n) is 3.26. The Hall–Kier alpha value is -1.14. The first-order valence-electron chi connectivity index (χ1n) is 4.20. The van der Waals surface area contributed by atoms with Crippen LogP contribution in [0.4, 0.5) is 0 Å². The Morgan fingerprint density at radius 1 is 1.62 bits per heavy atom. The van der Waals surface area contributed by atoms with Gasteiger partial charge < -0.3 is 4.74 Å². The highest BCUT2D eigenvalue weighted by atomic mass is 16.5. The third kappa shape index (κ3) is 4.44. The van der Waals surface area contributed by atoms with Crippen molar-refractivity contribution in [2.75, 3.05) is 6.61 Å². The third-order valence-corrected chi connectivity index (χ3v) is 1.51. The molecule has 0 saturated heterocycles. The van der Waals surface area contributed by atoms with Crippen molar-refractivity contribution in [3.63, 3.8) is 0 Å². The van der Waals surface area contributed by atoms with Crippen LogP contribution in [-0.2, 0) is 9.53 Å². The zero-order chi connectivity index (χ0) is 10.5. The van der Waals surface area contributed by atoms with Crippen LogP contribution in [0.15, 0.2) is 11.6 Å². The molecule has 0 radical (unpaired) electrons. The van der Waals surface area contributed by atoms with Crippen molar-refractivity contribution in [3.8, 4) is 6.07 Å². The van der Waals surface area contributed by atoms with Gasteiger partial charge in [-0.05, 0) is 33.8 Å². The summed E-state index contributed by atoms with van der Waals surface area (Å²) in [4.78, 5) is 10.9. The largest absolute Gasteiger partial charge is 0.372 e. The smallest absolute Gasteiger partial charge is 0.170 e. The van der Waals surface area contributed by atoms with E-state index >= 15 is 0 Å². The third-order valence-electron chi connectivity index (χ3n) is 1.51. The lowest BCUT2D eigenvalue weighted by molar-refractivity contribution is -0.113. The first-order valence-corrected chi connectivity index (χ1v) is 4.20. The number of hydrogen-bond donors (Lipinski definition) is 0. The molecule has 0 heterocycles. The van der Waals surface area contributed by atoms with Crippen LogP contribution in [-0.4, -0.2) is 18.0 Å². The number of carbonyl (C=O) groups excluding carboxylic acids is 1. The van der Waals surface area contributed by atoms with Crippen molar-refractivity contribution in [1.82, 2.24) is 0 Å². The number of ether oxygens (including phenoxy) is 1. The van der Waals surface area contributed by atoms with Crippen molar-refractivity contribution >= 4 is 5.78 Å². The average Bonchev–Trinajstić information content (AvgIpc) is 1.99. The maximum atomic E-state index is 10.9. The SMILES string of the molecule is CCOC(C)(C)/C=C(\C#N)C(C)=O. The lowest BCUT2D eigenvalue weighted by atomic mass is 10.0. The van der Waals surface area contributed by atoms with Gasteiger partial charge in [0.05, 0.1) is 11.2 Å². The van der Waals surface area contributed by atoms with Crippen LogP contribution in [0, 0.1) is 11.3 Å². The molecule has 0 atom stereocenters. The van der Waals surface area contributed by atoms with Crippen LogP contribution >= 0.6 is 0 Å². The average molecular weight is 181 g/mol. The van der Waals surface area contributed by atoms with Crippen LogP contribution in [0.2, 0.25) is 0 Å². The molecule has 0 aromatic heterocycles. The second kappa shape index (κ2) is 4.78. The monoisotopic (exact) mass is 181 g/mol. The van der Waals surface area contributed by atoms with Gasteiger partial charge in [0.2, 0.25) is 0 Å². The summed E-state index contributed by atoms with van der Waals surface area (Å²) >= 11 is 0. The highest BCUT2D eigenvalue weighted by Gasteiger charge is 2.16. The van der Waals surface area contributed by atoms with Crippen LogP contribution in [0.3, 0.4) is 0 Å². The van der Waals surface area contributed by atoms with Gasteiger partial charge in [0, 0.05) is 6.61 Å². The quantitative estimate of drug-likeness (QED) is 0.491. The van der Waals surface area contributed by atoms with Crippen molar-refractivity contribution < 1.29 is 9.53 Å². The molecule has 0 N–H and O–H groups in total. The standard InChI is InChI=1S/C10H15NO2/c1-5-13-10(3,4)6-9(7-11)8(2)12/h6H,5H2,1-4H3/b9-6+. The number of carbonyl (C=O) groups is 1. The fraction of sp³-hybridized carbons (Fsp3) is 0.600. The van der Waals surface area contributed by atoms with Crippen LogP contribution in [0.1, 0.15) is 27.7 Å². The topological polar surface area (TPSA) is 50.1 Å². The van der Waals surface area contributed by atoms with E-state index in [-0.39, 0.29) is 11.4 Å². The molecule has 13 heavy (non-hydrogen) atoms. The Morgan fingerprint density at radius 2 is 2.15 bits per heavy atom. The molecule has 0 unspecified atom stereocenters. The highest BCUT2D eigenvalue weighted by Crippen LogP contribution is 2.13. The lowest BCUT2D eigenvalue weighted by Crippen LogP contribution is -2.22. The summed E-state index contributed by atoms with van der Waals surface area (Å²) in [6.07, 6.45) is 1.55. The van der Waals surface area contributed by atoms with E-state index in [1.807, 2.05) is 26.8 Å². The van der Waals surface area contributed by atoms with E-state index in [2.05, 4.69) is 0 Å². The van der Waals surface area contributed by atoms with Crippen molar-refractivity contribution in [1.29, 1.82) is 5.26 Å². The van der Waals surface area contributed by atoms with E-state index in [4.69, 9.17) is 10.00 Å². The number of Topliss-reactive ketones (excluding diaryl/α,β-unsaturated/α-hetero) is 1. The minimum Gasteiger partial charge on any atom is -0.372 e. The zero-order valence-electron chi connectivity index (χ0n) is 8.55. The highest BCUT2D eigenvalue weighted by molar-refractivity contribution is 5.97. The molecule has 0 bridgehead atoms. The fourth-order valence-corrected chi connectivity index (χ4v) is 0.974. The van der Waals surface area contributed by atoms with Gasteiger partial charge >= 0.3 is 0 Å². The summed E-state index contributed by atoms with van der Waals surface area (Å²) in [6.45, 7) is 7.43. The molecule has 72 valence electrons. The minimum absolute atomic E-state index is 0.151. The maximum Gasteiger partial charge on any atom is 0.170 e. The second-order valence-corrected chi connectivity index (χ2v) is 3.26. The van der Waals surface area contributed by atoms with Gasteiger partial charge in [-0.2, -0.15) is 5.26 Å².